The Hall–Kier alpha value is -5.30. The van der Waals surface area contributed by atoms with Crippen molar-refractivity contribution in [3.05, 3.63) is 112 Å². The molecule has 8 rings (SSSR count). The van der Waals surface area contributed by atoms with Crippen molar-refractivity contribution in [2.45, 2.75) is 0 Å². The summed E-state index contributed by atoms with van der Waals surface area (Å²) < 4.78 is 19.0. The van der Waals surface area contributed by atoms with Gasteiger partial charge in [0.15, 0.2) is 39.8 Å². The number of ether oxygens (including phenoxy) is 2. The first-order valence-electron chi connectivity index (χ1n) is 11.7. The Bertz CT molecular complexity index is 2080. The van der Waals surface area contributed by atoms with Crippen LogP contribution in [0.25, 0.3) is 33.7 Å². The molecule has 0 saturated carbocycles. The molecule has 3 heterocycles. The lowest BCUT2D eigenvalue weighted by atomic mass is 9.97. The molecule has 4 aromatic carbocycles. The van der Waals surface area contributed by atoms with Gasteiger partial charge >= 0.3 is 0 Å². The molecule has 37 heavy (non-hydrogen) atoms. The first-order chi connectivity index (χ1) is 18.2. The van der Waals surface area contributed by atoms with Gasteiger partial charge in [0.05, 0.1) is 11.1 Å². The third-order valence-electron chi connectivity index (χ3n) is 6.50. The normalized spacial score (nSPS) is 12.8. The molecule has 7 nitrogen and oxygen atoms in total. The molecule has 3 aliphatic heterocycles. The molecule has 0 spiro atoms. The first-order valence-corrected chi connectivity index (χ1v) is 11.7. The predicted molar refractivity (Wildman–Crippen MR) is 137 cm³/mol. The second-order valence-corrected chi connectivity index (χ2v) is 8.78. The van der Waals surface area contributed by atoms with Gasteiger partial charge in [-0.2, -0.15) is 0 Å². The molecule has 0 aromatic heterocycles. The Morgan fingerprint density at radius 3 is 2.24 bits per heavy atom. The highest BCUT2D eigenvalue weighted by Gasteiger charge is 2.29. The number of benzene rings is 5. The Morgan fingerprint density at radius 1 is 0.649 bits per heavy atom. The fourth-order valence-corrected chi connectivity index (χ4v) is 4.83. The number of aromatic nitrogens is 1. The zero-order chi connectivity index (χ0) is 24.5. The van der Waals surface area contributed by atoms with Crippen LogP contribution in [0.15, 0.2) is 110 Å². The van der Waals surface area contributed by atoms with E-state index in [0.717, 1.165) is 0 Å². The Balaban J connectivity index is 1.55. The van der Waals surface area contributed by atoms with E-state index in [1.165, 1.54) is 6.07 Å². The summed E-state index contributed by atoms with van der Waals surface area (Å²) in [5, 5.41) is 1.01. The lowest BCUT2D eigenvalue weighted by Crippen LogP contribution is -2.24. The molecule has 0 N–H and O–H groups in total. The molecule has 0 bridgehead atoms. The van der Waals surface area contributed by atoms with E-state index in [1.54, 1.807) is 12.1 Å². The van der Waals surface area contributed by atoms with Crippen molar-refractivity contribution in [2.24, 2.45) is 9.98 Å². The summed E-state index contributed by atoms with van der Waals surface area (Å²) in [6.07, 6.45) is 0. The van der Waals surface area contributed by atoms with Crippen molar-refractivity contribution < 1.29 is 13.9 Å². The van der Waals surface area contributed by atoms with Gasteiger partial charge < -0.3 is 13.9 Å². The zero-order valence-corrected chi connectivity index (χ0v) is 19.1. The fourth-order valence-electron chi connectivity index (χ4n) is 4.83. The third-order valence-corrected chi connectivity index (χ3v) is 6.50. The standard InChI is InChI=1S/C30H15N3O4/c34-21-14-13-19-29(36-23-11-5-1-7-16(23)31-19)26(21)27-28-25(35-22-10-4-3-9-18(22)33-28)15-20-30(27)37-24-12-6-2-8-17(24)32-20/h1-15H. The zero-order valence-electron chi connectivity index (χ0n) is 19.1. The van der Waals surface area contributed by atoms with Crippen LogP contribution in [0, 0.1) is 0 Å². The largest absolute Gasteiger partial charge is 0.453 e. The second kappa shape index (κ2) is 7.35. The lowest BCUT2D eigenvalue weighted by molar-refractivity contribution is 0.452. The maximum Gasteiger partial charge on any atom is 0.190 e. The van der Waals surface area contributed by atoms with Gasteiger partial charge in [0.25, 0.3) is 0 Å². The summed E-state index contributed by atoms with van der Waals surface area (Å²) in [7, 11) is 0. The van der Waals surface area contributed by atoms with Gasteiger partial charge in [0, 0.05) is 6.07 Å². The summed E-state index contributed by atoms with van der Waals surface area (Å²) in [6, 6.07) is 27.4. The highest BCUT2D eigenvalue weighted by atomic mass is 16.5. The van der Waals surface area contributed by atoms with Gasteiger partial charge in [-0.3, -0.25) is 4.79 Å². The van der Waals surface area contributed by atoms with Crippen LogP contribution in [-0.4, -0.2) is 4.98 Å². The van der Waals surface area contributed by atoms with Crippen LogP contribution >= 0.6 is 0 Å². The van der Waals surface area contributed by atoms with Crippen molar-refractivity contribution in [1.29, 1.82) is 0 Å². The van der Waals surface area contributed by atoms with Crippen LogP contribution in [0.1, 0.15) is 0 Å². The number of hydrogen-bond donors (Lipinski definition) is 0. The minimum Gasteiger partial charge on any atom is -0.453 e. The van der Waals surface area contributed by atoms with E-state index < -0.39 is 0 Å². The molecule has 0 saturated heterocycles. The maximum atomic E-state index is 13.6. The van der Waals surface area contributed by atoms with Gasteiger partial charge in [-0.15, -0.1) is 0 Å². The molecule has 0 fully saturated rings. The van der Waals surface area contributed by atoms with E-state index in [1.807, 2.05) is 72.8 Å². The Labute approximate surface area is 209 Å². The molecule has 0 atom stereocenters. The van der Waals surface area contributed by atoms with E-state index in [2.05, 4.69) is 0 Å². The van der Waals surface area contributed by atoms with Crippen molar-refractivity contribution >= 4 is 22.5 Å². The Kier molecular flexibility index (Phi) is 3.96. The monoisotopic (exact) mass is 481 g/mol. The molecule has 174 valence electrons. The van der Waals surface area contributed by atoms with Crippen molar-refractivity contribution in [3.63, 3.8) is 0 Å². The summed E-state index contributed by atoms with van der Waals surface area (Å²) in [6.45, 7) is 0. The molecular formula is C30H15N3O4. The molecule has 0 amide bonds. The first kappa shape index (κ1) is 19.9. The van der Waals surface area contributed by atoms with Crippen LogP contribution in [0.2, 0.25) is 0 Å². The second-order valence-electron chi connectivity index (χ2n) is 8.78. The van der Waals surface area contributed by atoms with Crippen LogP contribution in [0.3, 0.4) is 0 Å². The minimum absolute atomic E-state index is 0.250. The SMILES string of the molecule is O=c1ccc2nc3ccccc3oc-2c1-c1c2c(cc3c1=Nc1ccccc1O3)=Nc1ccccc1O2. The fraction of sp³-hybridized carbons (Fsp3) is 0. The summed E-state index contributed by atoms with van der Waals surface area (Å²) >= 11 is 0. The molecule has 4 aromatic rings. The average molecular weight is 481 g/mol. The lowest BCUT2D eigenvalue weighted by Gasteiger charge is -2.22. The molecule has 7 heteroatoms. The van der Waals surface area contributed by atoms with Crippen LogP contribution in [0.5, 0.6) is 23.0 Å². The topological polar surface area (TPSA) is 86.3 Å². The van der Waals surface area contributed by atoms with Gasteiger partial charge in [-0.1, -0.05) is 36.4 Å². The highest BCUT2D eigenvalue weighted by Crippen LogP contribution is 2.42. The van der Waals surface area contributed by atoms with Crippen molar-refractivity contribution in [3.8, 4) is 45.6 Å². The molecule has 4 aliphatic rings. The highest BCUT2D eigenvalue weighted by molar-refractivity contribution is 5.87. The number of rotatable bonds is 1. The van der Waals surface area contributed by atoms with Gasteiger partial charge in [-0.25, -0.2) is 15.0 Å². The van der Waals surface area contributed by atoms with Gasteiger partial charge in [0.1, 0.15) is 33.3 Å². The number of para-hydroxylation sites is 6. The Morgan fingerprint density at radius 2 is 1.38 bits per heavy atom. The third kappa shape index (κ3) is 2.94. The van der Waals surface area contributed by atoms with Crippen molar-refractivity contribution in [1.82, 2.24) is 4.98 Å². The van der Waals surface area contributed by atoms with Crippen LogP contribution in [-0.2, 0) is 0 Å². The van der Waals surface area contributed by atoms with Crippen LogP contribution < -0.4 is 25.6 Å². The van der Waals surface area contributed by atoms with Crippen LogP contribution in [0.4, 0.5) is 11.4 Å². The summed E-state index contributed by atoms with van der Waals surface area (Å²) in [4.78, 5) is 28.1. The van der Waals surface area contributed by atoms with E-state index >= 15 is 0 Å². The van der Waals surface area contributed by atoms with E-state index in [-0.39, 0.29) is 5.43 Å². The smallest absolute Gasteiger partial charge is 0.190 e. The van der Waals surface area contributed by atoms with Gasteiger partial charge in [-0.05, 0) is 48.5 Å². The van der Waals surface area contributed by atoms with E-state index in [9.17, 15) is 4.79 Å². The molecule has 1 aliphatic carbocycles. The van der Waals surface area contributed by atoms with Crippen molar-refractivity contribution in [2.75, 3.05) is 0 Å². The summed E-state index contributed by atoms with van der Waals surface area (Å²) in [5.41, 5.74) is 3.64. The maximum absolute atomic E-state index is 13.6. The predicted octanol–water partition coefficient (Wildman–Crippen LogP) is 6.07. The summed E-state index contributed by atoms with van der Waals surface area (Å²) in [5.74, 6) is 2.44. The number of fused-ring (bicyclic) bond motifs is 6. The van der Waals surface area contributed by atoms with E-state index in [4.69, 9.17) is 28.9 Å². The van der Waals surface area contributed by atoms with Gasteiger partial charge in [0.2, 0.25) is 0 Å². The number of hydrogen-bond acceptors (Lipinski definition) is 7. The quantitative estimate of drug-likeness (QED) is 0.266. The van der Waals surface area contributed by atoms with E-state index in [0.29, 0.717) is 78.8 Å². The molecule has 0 unspecified atom stereocenters. The number of nitrogens with zero attached hydrogens (tertiary/aromatic N) is 3. The molecule has 0 radical (unpaired) electrons. The average Bonchev–Trinajstić information content (AvgIpc) is 2.93. The molecular weight excluding hydrogens is 466 g/mol. The minimum atomic E-state index is -0.250.